The number of carbonyl (C=O) groups excluding carboxylic acids is 1. The van der Waals surface area contributed by atoms with Crippen molar-refractivity contribution < 1.29 is 19.4 Å². The number of carboxylic acid groups (broad SMARTS) is 1. The van der Waals surface area contributed by atoms with Crippen LogP contribution in [0.5, 0.6) is 0 Å². The van der Waals surface area contributed by atoms with Gasteiger partial charge in [-0.25, -0.2) is 4.79 Å². The number of nitrogens with zero attached hydrogens (tertiary/aromatic N) is 1. The first-order chi connectivity index (χ1) is 13.0. The van der Waals surface area contributed by atoms with E-state index in [1.54, 1.807) is 4.90 Å². The number of aliphatic carboxylic acids is 1. The smallest absolute Gasteiger partial charge is 0.317 e. The summed E-state index contributed by atoms with van der Waals surface area (Å²) in [5, 5.41) is 12.9. The number of rotatable bonds is 4. The van der Waals surface area contributed by atoms with Gasteiger partial charge in [0.1, 0.15) is 5.41 Å². The Balaban J connectivity index is 1.44. The van der Waals surface area contributed by atoms with Gasteiger partial charge in [-0.15, -0.1) is 0 Å². The van der Waals surface area contributed by atoms with Gasteiger partial charge in [-0.05, 0) is 55.1 Å². The van der Waals surface area contributed by atoms with Gasteiger partial charge in [0.2, 0.25) is 0 Å². The summed E-state index contributed by atoms with van der Waals surface area (Å²) in [5.41, 5.74) is 1.84. The molecule has 1 aromatic rings. The molecule has 0 radical (unpaired) electrons. The van der Waals surface area contributed by atoms with Crippen molar-refractivity contribution >= 4 is 12.0 Å². The Kier molecular flexibility index (Phi) is 4.84. The monoisotopic (exact) mass is 372 g/mol. The molecular weight excluding hydrogens is 344 g/mol. The largest absolute Gasteiger partial charge is 0.481 e. The van der Waals surface area contributed by atoms with E-state index in [1.807, 2.05) is 0 Å². The van der Waals surface area contributed by atoms with Crippen molar-refractivity contribution in [3.05, 3.63) is 35.4 Å². The number of nitrogens with one attached hydrogen (secondary N) is 1. The standard InChI is InChI=1S/C21H28N2O4/c1-27-13-21(19(24)25)8-9-23(12-21)20(26)22-18-16-6-7-17(18)11-15-5-3-2-4-14(15)10-16/h2-5,16-18H,6-13H2,1H3,(H,22,26)(H,24,25). The number of ether oxygens (including phenoxy) is 1. The van der Waals surface area contributed by atoms with Gasteiger partial charge in [-0.3, -0.25) is 4.79 Å². The Morgan fingerprint density at radius 3 is 2.41 bits per heavy atom. The normalized spacial score (nSPS) is 32.0. The third-order valence-corrected chi connectivity index (χ3v) is 6.81. The van der Waals surface area contributed by atoms with Crippen molar-refractivity contribution in [3.63, 3.8) is 0 Å². The van der Waals surface area contributed by atoms with Crippen LogP contribution in [0.25, 0.3) is 0 Å². The third-order valence-electron chi connectivity index (χ3n) is 6.81. The van der Waals surface area contributed by atoms with Crippen LogP contribution in [0.3, 0.4) is 0 Å². The molecule has 6 heteroatoms. The Morgan fingerprint density at radius 2 is 1.85 bits per heavy atom. The zero-order chi connectivity index (χ0) is 19.0. The molecule has 2 amide bonds. The average molecular weight is 372 g/mol. The van der Waals surface area contributed by atoms with E-state index >= 15 is 0 Å². The minimum absolute atomic E-state index is 0.123. The lowest BCUT2D eigenvalue weighted by Gasteiger charge is -2.28. The number of hydrogen-bond acceptors (Lipinski definition) is 3. The zero-order valence-electron chi connectivity index (χ0n) is 15.8. The summed E-state index contributed by atoms with van der Waals surface area (Å²) in [5.74, 6) is 0.0476. The van der Waals surface area contributed by atoms with Crippen LogP contribution in [-0.4, -0.2) is 54.9 Å². The molecule has 4 rings (SSSR count). The van der Waals surface area contributed by atoms with Crippen molar-refractivity contribution in [2.24, 2.45) is 17.3 Å². The zero-order valence-corrected chi connectivity index (χ0v) is 15.8. The number of carbonyl (C=O) groups is 2. The van der Waals surface area contributed by atoms with Crippen molar-refractivity contribution in [2.45, 2.75) is 38.1 Å². The number of amides is 2. The molecule has 146 valence electrons. The molecule has 2 N–H and O–H groups in total. The quantitative estimate of drug-likeness (QED) is 0.850. The molecule has 1 heterocycles. The second kappa shape index (κ2) is 7.15. The van der Waals surface area contributed by atoms with Crippen LogP contribution in [0.15, 0.2) is 24.3 Å². The van der Waals surface area contributed by atoms with Crippen molar-refractivity contribution in [2.75, 3.05) is 26.8 Å². The minimum Gasteiger partial charge on any atom is -0.481 e. The van der Waals surface area contributed by atoms with Gasteiger partial charge in [0, 0.05) is 26.2 Å². The topological polar surface area (TPSA) is 78.9 Å². The molecule has 2 bridgehead atoms. The lowest BCUT2D eigenvalue weighted by atomic mass is 9.88. The van der Waals surface area contributed by atoms with Crippen molar-refractivity contribution in [3.8, 4) is 0 Å². The van der Waals surface area contributed by atoms with Gasteiger partial charge >= 0.3 is 12.0 Å². The predicted octanol–water partition coefficient (Wildman–Crippen LogP) is 2.31. The maximum absolute atomic E-state index is 12.9. The predicted molar refractivity (Wildman–Crippen MR) is 101 cm³/mol. The fourth-order valence-corrected chi connectivity index (χ4v) is 5.30. The van der Waals surface area contributed by atoms with E-state index in [1.165, 1.54) is 18.2 Å². The van der Waals surface area contributed by atoms with Gasteiger partial charge in [-0.2, -0.15) is 0 Å². The lowest BCUT2D eigenvalue weighted by Crippen LogP contribution is -2.49. The van der Waals surface area contributed by atoms with E-state index in [-0.39, 0.29) is 25.2 Å². The molecule has 3 aliphatic rings. The fourth-order valence-electron chi connectivity index (χ4n) is 5.30. The number of urea groups is 1. The van der Waals surface area contributed by atoms with E-state index in [9.17, 15) is 14.7 Å². The number of benzene rings is 1. The van der Waals surface area contributed by atoms with Gasteiger partial charge in [0.05, 0.1) is 6.61 Å². The molecule has 1 saturated carbocycles. The molecule has 1 saturated heterocycles. The van der Waals surface area contributed by atoms with Crippen LogP contribution in [0, 0.1) is 17.3 Å². The van der Waals surface area contributed by atoms with Gasteiger partial charge in [0.25, 0.3) is 0 Å². The van der Waals surface area contributed by atoms with E-state index < -0.39 is 11.4 Å². The highest BCUT2D eigenvalue weighted by atomic mass is 16.5. The van der Waals surface area contributed by atoms with E-state index in [0.717, 1.165) is 25.7 Å². The number of hydrogen-bond donors (Lipinski definition) is 2. The summed E-state index contributed by atoms with van der Waals surface area (Å²) in [6.45, 7) is 0.810. The minimum atomic E-state index is -0.981. The molecule has 3 atom stereocenters. The highest BCUT2D eigenvalue weighted by molar-refractivity contribution is 5.80. The Morgan fingerprint density at radius 1 is 1.22 bits per heavy atom. The van der Waals surface area contributed by atoms with Crippen LogP contribution in [0.4, 0.5) is 4.79 Å². The van der Waals surface area contributed by atoms with Gasteiger partial charge in [-0.1, -0.05) is 24.3 Å². The molecule has 3 unspecified atom stereocenters. The second-order valence-electron chi connectivity index (χ2n) is 8.44. The molecule has 27 heavy (non-hydrogen) atoms. The second-order valence-corrected chi connectivity index (χ2v) is 8.44. The summed E-state index contributed by atoms with van der Waals surface area (Å²) in [6.07, 6.45) is 4.76. The lowest BCUT2D eigenvalue weighted by molar-refractivity contribution is -0.151. The van der Waals surface area contributed by atoms with Crippen LogP contribution in [-0.2, 0) is 22.4 Å². The third kappa shape index (κ3) is 3.31. The Labute approximate surface area is 159 Å². The summed E-state index contributed by atoms with van der Waals surface area (Å²) in [7, 11) is 1.51. The van der Waals surface area contributed by atoms with Crippen LogP contribution >= 0.6 is 0 Å². The molecule has 0 spiro atoms. The Hall–Kier alpha value is -2.08. The fraction of sp³-hybridized carbons (Fsp3) is 0.619. The maximum Gasteiger partial charge on any atom is 0.317 e. The summed E-state index contributed by atoms with van der Waals surface area (Å²) in [6, 6.07) is 8.66. The SMILES string of the molecule is COCC1(C(=O)O)CCN(C(=O)NC2C3CCC2Cc2ccccc2C3)C1. The van der Waals surface area contributed by atoms with E-state index in [4.69, 9.17) is 4.74 Å². The first-order valence-electron chi connectivity index (χ1n) is 9.87. The summed E-state index contributed by atoms with van der Waals surface area (Å²) >= 11 is 0. The number of fused-ring (bicyclic) bond motifs is 3. The number of likely N-dealkylation sites (tertiary alicyclic amines) is 1. The van der Waals surface area contributed by atoms with Crippen molar-refractivity contribution in [1.29, 1.82) is 0 Å². The van der Waals surface area contributed by atoms with Gasteiger partial charge < -0.3 is 20.1 Å². The molecule has 2 fully saturated rings. The van der Waals surface area contributed by atoms with Crippen molar-refractivity contribution in [1.82, 2.24) is 10.2 Å². The summed E-state index contributed by atoms with van der Waals surface area (Å²) < 4.78 is 5.13. The van der Waals surface area contributed by atoms with E-state index in [2.05, 4.69) is 29.6 Å². The maximum atomic E-state index is 12.9. The summed E-state index contributed by atoms with van der Waals surface area (Å²) in [4.78, 5) is 26.3. The van der Waals surface area contributed by atoms with E-state index in [0.29, 0.717) is 24.8 Å². The molecule has 2 aliphatic carbocycles. The molecule has 6 nitrogen and oxygen atoms in total. The molecule has 1 aliphatic heterocycles. The van der Waals surface area contributed by atoms with Gasteiger partial charge in [0.15, 0.2) is 0 Å². The van der Waals surface area contributed by atoms with Crippen LogP contribution < -0.4 is 5.32 Å². The first-order valence-corrected chi connectivity index (χ1v) is 9.87. The Bertz CT molecular complexity index is 704. The number of methoxy groups -OCH3 is 1. The average Bonchev–Trinajstić information content (AvgIpc) is 3.18. The molecule has 0 aromatic heterocycles. The molecule has 1 aromatic carbocycles. The van der Waals surface area contributed by atoms with Crippen LogP contribution in [0.1, 0.15) is 30.4 Å². The number of carboxylic acids is 1. The highest BCUT2D eigenvalue weighted by Gasteiger charge is 2.47. The first kappa shape index (κ1) is 18.3. The molecular formula is C21H28N2O4. The highest BCUT2D eigenvalue weighted by Crippen LogP contribution is 2.40. The van der Waals surface area contributed by atoms with Crippen LogP contribution in [0.2, 0.25) is 0 Å².